The first-order chi connectivity index (χ1) is 10.8. The van der Waals surface area contributed by atoms with Gasteiger partial charge in [-0.15, -0.1) is 0 Å². The third-order valence-electron chi connectivity index (χ3n) is 4.94. The molecule has 0 spiro atoms. The number of hydrogen-bond donors (Lipinski definition) is 1. The van der Waals surface area contributed by atoms with E-state index in [2.05, 4.69) is 20.2 Å². The average Bonchev–Trinajstić information content (AvgIpc) is 2.84. The van der Waals surface area contributed by atoms with Gasteiger partial charge in [0.1, 0.15) is 5.82 Å². The first-order valence-electron chi connectivity index (χ1n) is 8.64. The predicted octanol–water partition coefficient (Wildman–Crippen LogP) is 2.53. The fraction of sp³-hybridized carbons (Fsp3) is 0.706. The Balaban J connectivity index is 1.47. The summed E-state index contributed by atoms with van der Waals surface area (Å²) in [5, 5.41) is 3.30. The lowest BCUT2D eigenvalue weighted by atomic mass is 9.95. The van der Waals surface area contributed by atoms with Crippen LogP contribution in [0.1, 0.15) is 51.4 Å². The zero-order valence-electron chi connectivity index (χ0n) is 13.2. The van der Waals surface area contributed by atoms with E-state index in [9.17, 15) is 4.79 Å². The maximum atomic E-state index is 12.5. The molecule has 0 unspecified atom stereocenters. The maximum Gasteiger partial charge on any atom is 0.223 e. The van der Waals surface area contributed by atoms with Gasteiger partial charge in [0.25, 0.3) is 0 Å². The van der Waals surface area contributed by atoms with Gasteiger partial charge >= 0.3 is 0 Å². The monoisotopic (exact) mass is 302 g/mol. The Morgan fingerprint density at radius 3 is 2.41 bits per heavy atom. The molecule has 1 aliphatic carbocycles. The molecule has 1 saturated heterocycles. The van der Waals surface area contributed by atoms with Gasteiger partial charge in [-0.25, -0.2) is 4.98 Å². The molecule has 5 nitrogen and oxygen atoms in total. The Labute approximate surface area is 132 Å². The minimum Gasteiger partial charge on any atom is -0.355 e. The number of carbonyl (C=O) groups is 1. The van der Waals surface area contributed by atoms with Gasteiger partial charge in [0, 0.05) is 37.4 Å². The second-order valence-electron chi connectivity index (χ2n) is 6.52. The summed E-state index contributed by atoms with van der Waals surface area (Å²) in [5.41, 5.74) is 0. The quantitative estimate of drug-likeness (QED) is 0.872. The van der Waals surface area contributed by atoms with Crippen LogP contribution in [0.5, 0.6) is 0 Å². The number of anilines is 1. The van der Waals surface area contributed by atoms with Crippen LogP contribution in [-0.4, -0.2) is 35.0 Å². The Kier molecular flexibility index (Phi) is 5.24. The van der Waals surface area contributed by atoms with Crippen LogP contribution in [0.3, 0.4) is 0 Å². The normalized spacial score (nSPS) is 21.4. The molecule has 1 amide bonds. The highest BCUT2D eigenvalue weighted by Crippen LogP contribution is 2.23. The van der Waals surface area contributed by atoms with Crippen molar-refractivity contribution in [2.24, 2.45) is 5.92 Å². The van der Waals surface area contributed by atoms with E-state index in [-0.39, 0.29) is 11.8 Å². The molecule has 2 heterocycles. The van der Waals surface area contributed by atoms with Crippen molar-refractivity contribution in [2.45, 2.75) is 57.4 Å². The molecule has 1 aromatic heterocycles. The fourth-order valence-corrected chi connectivity index (χ4v) is 3.57. The van der Waals surface area contributed by atoms with E-state index in [4.69, 9.17) is 0 Å². The summed E-state index contributed by atoms with van der Waals surface area (Å²) in [7, 11) is 0. The lowest BCUT2D eigenvalue weighted by molar-refractivity contribution is -0.126. The second kappa shape index (κ2) is 7.56. The smallest absolute Gasteiger partial charge is 0.223 e. The number of amides is 1. The molecule has 1 aromatic rings. The minimum atomic E-state index is 0.163. The van der Waals surface area contributed by atoms with Gasteiger partial charge in [-0.2, -0.15) is 0 Å². The molecule has 1 saturated carbocycles. The Hall–Kier alpha value is -1.65. The summed E-state index contributed by atoms with van der Waals surface area (Å²) in [6.45, 7) is 1.78. The molecule has 0 aromatic carbocycles. The average molecular weight is 302 g/mol. The van der Waals surface area contributed by atoms with E-state index >= 15 is 0 Å². The van der Waals surface area contributed by atoms with E-state index in [0.29, 0.717) is 6.04 Å². The maximum absolute atomic E-state index is 12.5. The van der Waals surface area contributed by atoms with Crippen molar-refractivity contribution < 1.29 is 4.79 Å². The van der Waals surface area contributed by atoms with Crippen LogP contribution < -0.4 is 10.2 Å². The zero-order valence-corrected chi connectivity index (χ0v) is 13.2. The van der Waals surface area contributed by atoms with Crippen molar-refractivity contribution in [3.8, 4) is 0 Å². The molecule has 2 fully saturated rings. The summed E-state index contributed by atoms with van der Waals surface area (Å²) >= 11 is 0. The number of rotatable bonds is 3. The summed E-state index contributed by atoms with van der Waals surface area (Å²) < 4.78 is 0. The van der Waals surface area contributed by atoms with Gasteiger partial charge in [-0.05, 0) is 25.7 Å². The van der Waals surface area contributed by atoms with Crippen molar-refractivity contribution in [3.63, 3.8) is 0 Å². The molecule has 0 atom stereocenters. The Morgan fingerprint density at radius 1 is 1.05 bits per heavy atom. The van der Waals surface area contributed by atoms with E-state index in [1.54, 1.807) is 18.6 Å². The molecule has 120 valence electrons. The first kappa shape index (κ1) is 15.3. The van der Waals surface area contributed by atoms with Crippen LogP contribution >= 0.6 is 0 Å². The van der Waals surface area contributed by atoms with Crippen molar-refractivity contribution in [2.75, 3.05) is 18.0 Å². The van der Waals surface area contributed by atoms with Crippen LogP contribution in [0.2, 0.25) is 0 Å². The minimum absolute atomic E-state index is 0.163. The van der Waals surface area contributed by atoms with E-state index < -0.39 is 0 Å². The van der Waals surface area contributed by atoms with Gasteiger partial charge in [-0.3, -0.25) is 9.78 Å². The SMILES string of the molecule is O=C(NC1CCCCCC1)C1CCN(c2cnccn2)CC1. The predicted molar refractivity (Wildman–Crippen MR) is 86.6 cm³/mol. The largest absolute Gasteiger partial charge is 0.355 e. The van der Waals surface area contributed by atoms with Gasteiger partial charge in [0.05, 0.1) is 6.20 Å². The molecular weight excluding hydrogens is 276 g/mol. The summed E-state index contributed by atoms with van der Waals surface area (Å²) in [6.07, 6.45) is 14.5. The van der Waals surface area contributed by atoms with Crippen molar-refractivity contribution in [1.82, 2.24) is 15.3 Å². The van der Waals surface area contributed by atoms with Crippen LogP contribution in [0, 0.1) is 5.92 Å². The molecule has 0 bridgehead atoms. The van der Waals surface area contributed by atoms with Gasteiger partial charge in [0.2, 0.25) is 5.91 Å². The van der Waals surface area contributed by atoms with Gasteiger partial charge in [0.15, 0.2) is 0 Å². The molecule has 1 aliphatic heterocycles. The molecule has 5 heteroatoms. The lowest BCUT2D eigenvalue weighted by Gasteiger charge is -2.32. The second-order valence-corrected chi connectivity index (χ2v) is 6.52. The molecule has 1 N–H and O–H groups in total. The number of aromatic nitrogens is 2. The van der Waals surface area contributed by atoms with Crippen LogP contribution in [-0.2, 0) is 4.79 Å². The topological polar surface area (TPSA) is 58.1 Å². The summed E-state index contributed by atoms with van der Waals surface area (Å²) in [4.78, 5) is 23.1. The summed E-state index contributed by atoms with van der Waals surface area (Å²) in [6, 6.07) is 0.410. The molecule has 3 rings (SSSR count). The van der Waals surface area contributed by atoms with Crippen molar-refractivity contribution in [1.29, 1.82) is 0 Å². The number of nitrogens with zero attached hydrogens (tertiary/aromatic N) is 3. The van der Waals surface area contributed by atoms with E-state index in [0.717, 1.165) is 44.6 Å². The van der Waals surface area contributed by atoms with E-state index in [1.165, 1.54) is 25.7 Å². The molecule has 2 aliphatic rings. The van der Waals surface area contributed by atoms with Crippen LogP contribution in [0.25, 0.3) is 0 Å². The lowest BCUT2D eigenvalue weighted by Crippen LogP contribution is -2.44. The Bertz CT molecular complexity index is 463. The molecular formula is C17H26N4O. The van der Waals surface area contributed by atoms with Crippen molar-refractivity contribution in [3.05, 3.63) is 18.6 Å². The number of piperidine rings is 1. The fourth-order valence-electron chi connectivity index (χ4n) is 3.57. The molecule has 0 radical (unpaired) electrons. The highest BCUT2D eigenvalue weighted by molar-refractivity contribution is 5.79. The zero-order chi connectivity index (χ0) is 15.2. The first-order valence-corrected chi connectivity index (χ1v) is 8.64. The van der Waals surface area contributed by atoms with Crippen LogP contribution in [0.4, 0.5) is 5.82 Å². The third-order valence-corrected chi connectivity index (χ3v) is 4.94. The highest BCUT2D eigenvalue weighted by atomic mass is 16.1. The highest BCUT2D eigenvalue weighted by Gasteiger charge is 2.27. The molecule has 22 heavy (non-hydrogen) atoms. The van der Waals surface area contributed by atoms with E-state index in [1.807, 2.05) is 0 Å². The van der Waals surface area contributed by atoms with Crippen LogP contribution in [0.15, 0.2) is 18.6 Å². The standard InChI is InChI=1S/C17H26N4O/c22-17(20-15-5-3-1-2-4-6-15)14-7-11-21(12-8-14)16-13-18-9-10-19-16/h9-10,13-15H,1-8,11-12H2,(H,20,22). The number of hydrogen-bond acceptors (Lipinski definition) is 4. The van der Waals surface area contributed by atoms with Gasteiger partial charge < -0.3 is 10.2 Å². The number of carbonyl (C=O) groups excluding carboxylic acids is 1. The Morgan fingerprint density at radius 2 is 1.77 bits per heavy atom. The third kappa shape index (κ3) is 3.96. The van der Waals surface area contributed by atoms with Gasteiger partial charge in [-0.1, -0.05) is 25.7 Å². The number of nitrogens with one attached hydrogen (secondary N) is 1. The van der Waals surface area contributed by atoms with Crippen molar-refractivity contribution >= 4 is 11.7 Å². The summed E-state index contributed by atoms with van der Waals surface area (Å²) in [5.74, 6) is 1.35.